The van der Waals surface area contributed by atoms with E-state index in [9.17, 15) is 17.2 Å². The molecule has 1 rings (SSSR count). The van der Waals surface area contributed by atoms with Crippen LogP contribution in [0.15, 0.2) is 15.6 Å². The predicted octanol–water partition coefficient (Wildman–Crippen LogP) is 3.31. The Morgan fingerprint density at radius 2 is 2.07 bits per heavy atom. The number of rotatable bonds is 2. The Morgan fingerprint density at radius 3 is 2.47 bits per heavy atom. The minimum absolute atomic E-state index is 0.0715. The third kappa shape index (κ3) is 3.21. The molecule has 1 heterocycles. The molecule has 0 bridgehead atoms. The van der Waals surface area contributed by atoms with Crippen molar-refractivity contribution in [2.24, 2.45) is 0 Å². The summed E-state index contributed by atoms with van der Waals surface area (Å²) in [6, 6.07) is 0.749. The van der Waals surface area contributed by atoms with E-state index in [-0.39, 0.29) is 8.17 Å². The average Bonchev–Trinajstić information content (AvgIpc) is 2.06. The molecule has 0 aliphatic carbocycles. The second-order valence-corrected chi connectivity index (χ2v) is 6.72. The first-order valence-electron chi connectivity index (χ1n) is 3.32. The minimum Gasteiger partial charge on any atom is -0.228 e. The van der Waals surface area contributed by atoms with E-state index in [1.807, 2.05) is 0 Å². The normalized spacial score (nSPS) is 12.1. The molecule has 0 spiro atoms. The van der Waals surface area contributed by atoms with Crippen LogP contribution in [0.2, 0.25) is 0 Å². The topological polar surface area (TPSA) is 47.0 Å². The van der Waals surface area contributed by atoms with Crippen molar-refractivity contribution < 1.29 is 17.2 Å². The fourth-order valence-corrected chi connectivity index (χ4v) is 2.59. The zero-order valence-corrected chi connectivity index (χ0v) is 12.0. The van der Waals surface area contributed by atoms with Gasteiger partial charge in [-0.1, -0.05) is 0 Å². The zero-order valence-electron chi connectivity index (χ0n) is 6.72. The summed E-state index contributed by atoms with van der Waals surface area (Å²) in [4.78, 5) is 3.57. The molecule has 0 fully saturated rings. The highest BCUT2D eigenvalue weighted by Gasteiger charge is 2.21. The van der Waals surface area contributed by atoms with Crippen LogP contribution in [0, 0.1) is 3.70 Å². The van der Waals surface area contributed by atoms with Gasteiger partial charge in [-0.25, -0.2) is 22.2 Å². The average molecular weight is 432 g/mol. The van der Waals surface area contributed by atoms with Crippen LogP contribution in [-0.4, -0.2) is 13.4 Å². The number of hydrogen-bond donors (Lipinski definition) is 0. The first-order chi connectivity index (χ1) is 6.73. The number of halogens is 5. The lowest BCUT2D eigenvalue weighted by atomic mass is 10.3. The number of pyridine rings is 1. The van der Waals surface area contributed by atoms with Crippen molar-refractivity contribution in [1.29, 1.82) is 0 Å². The maximum atomic E-state index is 12.5. The van der Waals surface area contributed by atoms with Gasteiger partial charge < -0.3 is 0 Å². The van der Waals surface area contributed by atoms with Crippen LogP contribution in [0.1, 0.15) is 12.0 Å². The first-order valence-corrected chi connectivity index (χ1v) is 7.50. The van der Waals surface area contributed by atoms with E-state index in [1.165, 1.54) is 0 Å². The molecule has 0 N–H and O–H groups in total. The predicted molar refractivity (Wildman–Crippen MR) is 62.6 cm³/mol. The third-order valence-corrected chi connectivity index (χ3v) is 4.95. The van der Waals surface area contributed by atoms with Gasteiger partial charge in [-0.05, 0) is 44.6 Å². The Bertz CT molecular complexity index is 496. The molecule has 0 saturated heterocycles. The van der Waals surface area contributed by atoms with E-state index in [0.29, 0.717) is 0 Å². The van der Waals surface area contributed by atoms with Gasteiger partial charge in [0.25, 0.3) is 15.5 Å². The van der Waals surface area contributed by atoms with E-state index < -0.39 is 26.1 Å². The molecule has 0 radical (unpaired) electrons. The summed E-state index contributed by atoms with van der Waals surface area (Å²) in [6.07, 6.45) is -2.80. The molecular formula is C6H2BrClF2INO2S. The Kier molecular flexibility index (Phi) is 4.29. The van der Waals surface area contributed by atoms with Crippen LogP contribution in [0.4, 0.5) is 8.78 Å². The van der Waals surface area contributed by atoms with E-state index in [1.54, 1.807) is 22.6 Å². The highest BCUT2D eigenvalue weighted by atomic mass is 127. The van der Waals surface area contributed by atoms with E-state index in [2.05, 4.69) is 20.9 Å². The van der Waals surface area contributed by atoms with Gasteiger partial charge in [0.15, 0.2) is 5.03 Å². The van der Waals surface area contributed by atoms with Crippen LogP contribution >= 0.6 is 49.2 Å². The van der Waals surface area contributed by atoms with Gasteiger partial charge >= 0.3 is 0 Å². The zero-order chi connectivity index (χ0) is 11.8. The summed E-state index contributed by atoms with van der Waals surface area (Å²) in [7, 11) is 0.910. The van der Waals surface area contributed by atoms with Crippen molar-refractivity contribution in [2.45, 2.75) is 11.5 Å². The quantitative estimate of drug-likeness (QED) is 0.409. The summed E-state index contributed by atoms with van der Waals surface area (Å²) < 4.78 is 47.0. The van der Waals surface area contributed by atoms with Crippen molar-refractivity contribution in [3.05, 3.63) is 19.8 Å². The molecule has 0 amide bonds. The smallest absolute Gasteiger partial charge is 0.228 e. The minimum atomic E-state index is -4.10. The molecule has 9 heteroatoms. The molecular weight excluding hydrogens is 430 g/mol. The van der Waals surface area contributed by atoms with Crippen LogP contribution in [0.3, 0.4) is 0 Å². The molecule has 0 atom stereocenters. The number of alkyl halides is 2. The van der Waals surface area contributed by atoms with Crippen LogP contribution in [0.25, 0.3) is 0 Å². The van der Waals surface area contributed by atoms with Crippen molar-refractivity contribution in [2.75, 3.05) is 0 Å². The van der Waals surface area contributed by atoms with E-state index in [0.717, 1.165) is 6.07 Å². The lowest BCUT2D eigenvalue weighted by molar-refractivity contribution is 0.150. The lowest BCUT2D eigenvalue weighted by Crippen LogP contribution is -2.01. The van der Waals surface area contributed by atoms with Gasteiger partial charge in [0.1, 0.15) is 3.70 Å². The SMILES string of the molecule is O=S(=O)(Cl)c1cc(C(F)F)c(Br)c(I)n1. The van der Waals surface area contributed by atoms with Crippen LogP contribution in [-0.2, 0) is 9.05 Å². The summed E-state index contributed by atoms with van der Waals surface area (Å²) in [5.74, 6) is 0. The van der Waals surface area contributed by atoms with Gasteiger partial charge in [0, 0.05) is 16.2 Å². The number of hydrogen-bond acceptors (Lipinski definition) is 3. The monoisotopic (exact) mass is 431 g/mol. The maximum absolute atomic E-state index is 12.5. The maximum Gasteiger partial charge on any atom is 0.278 e. The number of aromatic nitrogens is 1. The van der Waals surface area contributed by atoms with Crippen molar-refractivity contribution in [3.63, 3.8) is 0 Å². The number of nitrogens with zero attached hydrogens (tertiary/aromatic N) is 1. The molecule has 84 valence electrons. The largest absolute Gasteiger partial charge is 0.278 e. The fraction of sp³-hybridized carbons (Fsp3) is 0.167. The molecule has 0 aromatic carbocycles. The summed E-state index contributed by atoms with van der Waals surface area (Å²) in [5.41, 5.74) is -0.450. The highest BCUT2D eigenvalue weighted by molar-refractivity contribution is 14.1. The van der Waals surface area contributed by atoms with Crippen molar-refractivity contribution in [3.8, 4) is 0 Å². The molecule has 15 heavy (non-hydrogen) atoms. The second kappa shape index (κ2) is 4.76. The molecule has 0 aliphatic rings. The van der Waals surface area contributed by atoms with Gasteiger partial charge in [0.05, 0.1) is 4.47 Å². The molecule has 1 aromatic rings. The van der Waals surface area contributed by atoms with Crippen LogP contribution < -0.4 is 0 Å². The fourth-order valence-electron chi connectivity index (χ4n) is 0.777. The Morgan fingerprint density at radius 1 is 1.53 bits per heavy atom. The summed E-state index contributed by atoms with van der Waals surface area (Å²) in [5, 5.41) is -0.577. The molecule has 0 unspecified atom stereocenters. The van der Waals surface area contributed by atoms with E-state index >= 15 is 0 Å². The third-order valence-electron chi connectivity index (χ3n) is 1.41. The van der Waals surface area contributed by atoms with Gasteiger partial charge in [-0.2, -0.15) is 0 Å². The Balaban J connectivity index is 3.50. The standard InChI is InChI=1S/C6H2BrClF2INO2S/c7-4-2(5(9)10)1-3(12-6(4)11)15(8,13)14/h1,5H. The molecule has 1 aromatic heterocycles. The van der Waals surface area contributed by atoms with Crippen molar-refractivity contribution >= 4 is 58.3 Å². The second-order valence-electron chi connectivity index (χ2n) is 2.39. The molecule has 0 aliphatic heterocycles. The van der Waals surface area contributed by atoms with Crippen molar-refractivity contribution in [1.82, 2.24) is 4.98 Å². The Labute approximate surface area is 111 Å². The van der Waals surface area contributed by atoms with Gasteiger partial charge in [0.2, 0.25) is 0 Å². The van der Waals surface area contributed by atoms with E-state index in [4.69, 9.17) is 10.7 Å². The van der Waals surface area contributed by atoms with Gasteiger partial charge in [-0.3, -0.25) is 0 Å². The first kappa shape index (κ1) is 13.5. The molecule has 0 saturated carbocycles. The van der Waals surface area contributed by atoms with Gasteiger partial charge in [-0.15, -0.1) is 0 Å². The summed E-state index contributed by atoms with van der Waals surface area (Å²) >= 11 is 4.53. The Hall–Kier alpha value is 0.460. The lowest BCUT2D eigenvalue weighted by Gasteiger charge is -2.06. The summed E-state index contributed by atoms with van der Waals surface area (Å²) in [6.45, 7) is 0. The van der Waals surface area contributed by atoms with Crippen LogP contribution in [0.5, 0.6) is 0 Å². The highest BCUT2D eigenvalue weighted by Crippen LogP contribution is 2.32. The molecule has 3 nitrogen and oxygen atoms in total.